The van der Waals surface area contributed by atoms with Gasteiger partial charge in [-0.25, -0.2) is 4.68 Å². The molecule has 1 atom stereocenters. The van der Waals surface area contributed by atoms with Gasteiger partial charge in [0.1, 0.15) is 0 Å². The van der Waals surface area contributed by atoms with Crippen molar-refractivity contribution in [2.45, 2.75) is 26.0 Å². The maximum absolute atomic E-state index is 11.0. The van der Waals surface area contributed by atoms with Crippen LogP contribution in [0.5, 0.6) is 0 Å². The van der Waals surface area contributed by atoms with Gasteiger partial charge in [-0.1, -0.05) is 6.92 Å². The Balaban J connectivity index is 2.75. The van der Waals surface area contributed by atoms with Gasteiger partial charge in [0.2, 0.25) is 5.13 Å². The number of hydrogen-bond donors (Lipinski definition) is 2. The van der Waals surface area contributed by atoms with E-state index in [1.807, 2.05) is 6.92 Å². The quantitative estimate of drug-likeness (QED) is 0.681. The fourth-order valence-corrected chi connectivity index (χ4v) is 1.31. The zero-order valence-electron chi connectivity index (χ0n) is 6.73. The van der Waals surface area contributed by atoms with Crippen LogP contribution in [0.4, 0.5) is 5.13 Å². The Morgan fingerprint density at radius 2 is 2.50 bits per heavy atom. The molecule has 1 rings (SSSR count). The van der Waals surface area contributed by atoms with Crippen LogP contribution in [0.3, 0.4) is 0 Å². The van der Waals surface area contributed by atoms with Crippen LogP contribution in [-0.4, -0.2) is 21.0 Å². The average Bonchev–Trinajstić information content (AvgIpc) is 2.30. The van der Waals surface area contributed by atoms with Gasteiger partial charge in [-0.05, 0) is 17.8 Å². The van der Waals surface area contributed by atoms with Crippen molar-refractivity contribution in [3.05, 3.63) is 9.67 Å². The number of aliphatic hydroxyl groups excluding tert-OH is 1. The van der Waals surface area contributed by atoms with E-state index in [0.717, 1.165) is 11.3 Å². The second-order valence-electron chi connectivity index (χ2n) is 2.45. The topological polar surface area (TPSA) is 81.1 Å². The van der Waals surface area contributed by atoms with Crippen LogP contribution in [-0.2, 0) is 6.54 Å². The number of aromatic nitrogens is 2. The predicted molar refractivity (Wildman–Crippen MR) is 47.1 cm³/mol. The highest BCUT2D eigenvalue weighted by molar-refractivity contribution is 7.12. The van der Waals surface area contributed by atoms with Crippen molar-refractivity contribution in [3.8, 4) is 0 Å². The Bertz CT molecular complexity index is 306. The standard InChI is InChI=1S/C6H11N3O2S/c1-2-4(10)3-9-6(11)12-5(7)8-9/h4,10H,2-3H2,1H3,(H2,7,8). The number of rotatable bonds is 3. The third-order valence-electron chi connectivity index (χ3n) is 1.48. The Morgan fingerprint density at radius 1 is 1.83 bits per heavy atom. The minimum absolute atomic E-state index is 0.222. The molecule has 0 saturated carbocycles. The molecular weight excluding hydrogens is 178 g/mol. The van der Waals surface area contributed by atoms with Gasteiger partial charge < -0.3 is 10.8 Å². The van der Waals surface area contributed by atoms with Crippen LogP contribution in [0.2, 0.25) is 0 Å². The van der Waals surface area contributed by atoms with Gasteiger partial charge in [-0.2, -0.15) is 0 Å². The molecule has 0 saturated heterocycles. The molecule has 0 aliphatic heterocycles. The SMILES string of the molecule is CCC(O)Cn1nc(N)sc1=O. The molecular formula is C6H11N3O2S. The predicted octanol–water partition coefficient (Wildman–Crippen LogP) is -0.342. The lowest BCUT2D eigenvalue weighted by atomic mass is 10.3. The van der Waals surface area contributed by atoms with Gasteiger partial charge in [-0.3, -0.25) is 4.79 Å². The van der Waals surface area contributed by atoms with Crippen LogP contribution in [0.1, 0.15) is 13.3 Å². The summed E-state index contributed by atoms with van der Waals surface area (Å²) in [4.78, 5) is 10.8. The molecule has 0 aliphatic rings. The monoisotopic (exact) mass is 189 g/mol. The van der Waals surface area contributed by atoms with E-state index in [1.54, 1.807) is 0 Å². The van der Waals surface area contributed by atoms with Crippen LogP contribution < -0.4 is 10.6 Å². The maximum Gasteiger partial charge on any atom is 0.326 e. The summed E-state index contributed by atoms with van der Waals surface area (Å²) < 4.78 is 1.19. The molecule has 5 nitrogen and oxygen atoms in total. The van der Waals surface area contributed by atoms with Gasteiger partial charge in [0.05, 0.1) is 12.6 Å². The fraction of sp³-hybridized carbons (Fsp3) is 0.667. The van der Waals surface area contributed by atoms with Crippen LogP contribution in [0.15, 0.2) is 4.79 Å². The van der Waals surface area contributed by atoms with Crippen LogP contribution >= 0.6 is 11.3 Å². The molecule has 12 heavy (non-hydrogen) atoms. The summed E-state index contributed by atoms with van der Waals surface area (Å²) in [5.41, 5.74) is 5.30. The van der Waals surface area contributed by atoms with Crippen molar-refractivity contribution < 1.29 is 5.11 Å². The van der Waals surface area contributed by atoms with Crippen LogP contribution in [0.25, 0.3) is 0 Å². The van der Waals surface area contributed by atoms with E-state index in [9.17, 15) is 9.90 Å². The molecule has 1 aromatic heterocycles. The van der Waals surface area contributed by atoms with E-state index in [1.165, 1.54) is 4.68 Å². The summed E-state index contributed by atoms with van der Waals surface area (Å²) in [6, 6.07) is 0. The minimum Gasteiger partial charge on any atom is -0.391 e. The summed E-state index contributed by atoms with van der Waals surface area (Å²) in [5.74, 6) is 0. The largest absolute Gasteiger partial charge is 0.391 e. The molecule has 0 spiro atoms. The number of nitrogens with two attached hydrogens (primary N) is 1. The first kappa shape index (κ1) is 9.21. The third kappa shape index (κ3) is 2.05. The average molecular weight is 189 g/mol. The number of hydrogen-bond acceptors (Lipinski definition) is 5. The molecule has 0 radical (unpaired) electrons. The van der Waals surface area contributed by atoms with Gasteiger partial charge in [0.25, 0.3) is 0 Å². The van der Waals surface area contributed by atoms with E-state index < -0.39 is 6.10 Å². The molecule has 1 aromatic rings. The molecule has 1 heterocycles. The molecule has 0 bridgehead atoms. The van der Waals surface area contributed by atoms with Gasteiger partial charge >= 0.3 is 4.87 Å². The summed E-state index contributed by atoms with van der Waals surface area (Å²) in [7, 11) is 0. The molecule has 6 heteroatoms. The zero-order valence-corrected chi connectivity index (χ0v) is 7.54. The highest BCUT2D eigenvalue weighted by Crippen LogP contribution is 2.00. The first-order chi connectivity index (χ1) is 5.63. The van der Waals surface area contributed by atoms with Crippen molar-refractivity contribution in [2.24, 2.45) is 0 Å². The summed E-state index contributed by atoms with van der Waals surface area (Å²) in [5, 5.41) is 13.2. The summed E-state index contributed by atoms with van der Waals surface area (Å²) >= 11 is 0.885. The number of nitrogen functional groups attached to an aromatic ring is 1. The molecule has 68 valence electrons. The maximum atomic E-state index is 11.0. The first-order valence-electron chi connectivity index (χ1n) is 3.65. The second-order valence-corrected chi connectivity index (χ2v) is 3.42. The molecule has 0 aromatic carbocycles. The third-order valence-corrected chi connectivity index (χ3v) is 2.15. The minimum atomic E-state index is -0.524. The van der Waals surface area contributed by atoms with Crippen LogP contribution in [0, 0.1) is 0 Å². The molecule has 0 aliphatic carbocycles. The highest BCUT2D eigenvalue weighted by Gasteiger charge is 2.07. The number of aliphatic hydroxyl groups is 1. The van der Waals surface area contributed by atoms with E-state index in [0.29, 0.717) is 6.42 Å². The van der Waals surface area contributed by atoms with Crippen molar-refractivity contribution in [2.75, 3.05) is 5.73 Å². The number of nitrogens with zero attached hydrogens (tertiary/aromatic N) is 2. The zero-order chi connectivity index (χ0) is 9.14. The lowest BCUT2D eigenvalue weighted by molar-refractivity contribution is 0.144. The Morgan fingerprint density at radius 3 is 2.92 bits per heavy atom. The number of anilines is 1. The van der Waals surface area contributed by atoms with Gasteiger partial charge in [0.15, 0.2) is 0 Å². The summed E-state index contributed by atoms with van der Waals surface area (Å²) in [6.07, 6.45) is 0.0772. The van der Waals surface area contributed by atoms with Crippen molar-refractivity contribution in [1.29, 1.82) is 0 Å². The normalized spacial score (nSPS) is 13.2. The molecule has 3 N–H and O–H groups in total. The van der Waals surface area contributed by atoms with Crippen molar-refractivity contribution in [1.82, 2.24) is 9.78 Å². The van der Waals surface area contributed by atoms with Crippen molar-refractivity contribution in [3.63, 3.8) is 0 Å². The molecule has 0 fully saturated rings. The summed E-state index contributed by atoms with van der Waals surface area (Å²) in [6.45, 7) is 2.06. The molecule has 0 amide bonds. The molecule has 1 unspecified atom stereocenters. The van der Waals surface area contributed by atoms with E-state index in [2.05, 4.69) is 5.10 Å². The highest BCUT2D eigenvalue weighted by atomic mass is 32.1. The smallest absolute Gasteiger partial charge is 0.326 e. The lowest BCUT2D eigenvalue weighted by Crippen LogP contribution is -2.23. The Labute approximate surface area is 73.4 Å². The van der Waals surface area contributed by atoms with Crippen molar-refractivity contribution >= 4 is 16.5 Å². The lowest BCUT2D eigenvalue weighted by Gasteiger charge is -2.04. The Hall–Kier alpha value is -0.880. The fourth-order valence-electron chi connectivity index (χ4n) is 0.766. The van der Waals surface area contributed by atoms with Gasteiger partial charge in [0, 0.05) is 0 Å². The van der Waals surface area contributed by atoms with E-state index >= 15 is 0 Å². The second kappa shape index (κ2) is 3.68. The van der Waals surface area contributed by atoms with Gasteiger partial charge in [-0.15, -0.1) is 5.10 Å². The first-order valence-corrected chi connectivity index (χ1v) is 4.46. The Kier molecular flexibility index (Phi) is 2.83. The van der Waals surface area contributed by atoms with E-state index in [-0.39, 0.29) is 16.5 Å². The van der Waals surface area contributed by atoms with E-state index in [4.69, 9.17) is 5.73 Å².